The van der Waals surface area contributed by atoms with Crippen molar-refractivity contribution in [1.82, 2.24) is 0 Å². The fraction of sp³-hybridized carbons (Fsp3) is 0. The van der Waals surface area contributed by atoms with Crippen molar-refractivity contribution in [1.29, 1.82) is 0 Å². The van der Waals surface area contributed by atoms with Crippen LogP contribution in [0.2, 0.25) is 0 Å². The molecule has 11 heavy (non-hydrogen) atoms. The molecule has 0 atom stereocenters. The Kier molecular flexibility index (Phi) is 2.19. The van der Waals surface area contributed by atoms with Gasteiger partial charge in [0.1, 0.15) is 11.5 Å². The van der Waals surface area contributed by atoms with Crippen molar-refractivity contribution in [3.05, 3.63) is 28.7 Å². The lowest BCUT2D eigenvalue weighted by atomic mass is 10.2. The summed E-state index contributed by atoms with van der Waals surface area (Å²) in [4.78, 5) is 0. The normalized spacial score (nSPS) is 9.55. The van der Waals surface area contributed by atoms with Gasteiger partial charge in [0, 0.05) is 11.6 Å². The van der Waals surface area contributed by atoms with E-state index >= 15 is 0 Å². The predicted molar refractivity (Wildman–Crippen MR) is 47.6 cm³/mol. The number of aromatic hydroxyl groups is 2. The molecule has 0 saturated heterocycles. The first kappa shape index (κ1) is 8.14. The number of hydrogen-bond donors (Lipinski definition) is 2. The third kappa shape index (κ3) is 1.54. The van der Waals surface area contributed by atoms with Crippen molar-refractivity contribution in [3.63, 3.8) is 0 Å². The van der Waals surface area contributed by atoms with E-state index in [-0.39, 0.29) is 11.5 Å². The molecule has 58 valence electrons. The highest BCUT2D eigenvalue weighted by atomic mass is 79.9. The monoisotopic (exact) mass is 214 g/mol. The first-order chi connectivity index (χ1) is 5.15. The summed E-state index contributed by atoms with van der Waals surface area (Å²) in [5.41, 5.74) is 0.592. The highest BCUT2D eigenvalue weighted by Gasteiger charge is 2.02. The Morgan fingerprint density at radius 2 is 1.91 bits per heavy atom. The van der Waals surface area contributed by atoms with Gasteiger partial charge in [0.25, 0.3) is 0 Å². The van der Waals surface area contributed by atoms with Gasteiger partial charge in [-0.25, -0.2) is 0 Å². The Labute approximate surface area is 72.9 Å². The highest BCUT2D eigenvalue weighted by molar-refractivity contribution is 9.10. The molecule has 0 aliphatic carbocycles. The lowest BCUT2D eigenvalue weighted by Gasteiger charge is -2.01. The number of phenols is 2. The SMILES string of the molecule is C=Cc1cc(Br)c(O)cc1O. The van der Waals surface area contributed by atoms with Gasteiger partial charge in [-0.1, -0.05) is 12.7 Å². The van der Waals surface area contributed by atoms with Gasteiger partial charge in [0.05, 0.1) is 4.47 Å². The van der Waals surface area contributed by atoms with Crippen LogP contribution in [0.1, 0.15) is 5.56 Å². The van der Waals surface area contributed by atoms with Crippen LogP contribution in [-0.2, 0) is 0 Å². The van der Waals surface area contributed by atoms with Gasteiger partial charge in [0.15, 0.2) is 0 Å². The summed E-state index contributed by atoms with van der Waals surface area (Å²) in [6.45, 7) is 3.50. The standard InChI is InChI=1S/C8H7BrO2/c1-2-5-3-6(9)8(11)4-7(5)10/h2-4,10-11H,1H2. The van der Waals surface area contributed by atoms with Gasteiger partial charge in [-0.3, -0.25) is 0 Å². The molecule has 1 aromatic rings. The zero-order chi connectivity index (χ0) is 8.43. The molecule has 0 bridgehead atoms. The molecule has 0 amide bonds. The Hall–Kier alpha value is -0.960. The first-order valence-corrected chi connectivity index (χ1v) is 3.78. The predicted octanol–water partition coefficient (Wildman–Crippen LogP) is 2.50. The second-order valence-electron chi connectivity index (χ2n) is 2.07. The molecule has 0 radical (unpaired) electrons. The number of hydrogen-bond acceptors (Lipinski definition) is 2. The second kappa shape index (κ2) is 2.96. The molecule has 0 unspecified atom stereocenters. The summed E-state index contributed by atoms with van der Waals surface area (Å²) in [5.74, 6) is 0.0498. The molecule has 0 saturated carbocycles. The summed E-state index contributed by atoms with van der Waals surface area (Å²) in [6.07, 6.45) is 1.51. The summed E-state index contributed by atoms with van der Waals surface area (Å²) in [6, 6.07) is 2.86. The summed E-state index contributed by atoms with van der Waals surface area (Å²) in [7, 11) is 0. The second-order valence-corrected chi connectivity index (χ2v) is 2.92. The van der Waals surface area contributed by atoms with Gasteiger partial charge in [-0.15, -0.1) is 0 Å². The Bertz CT molecular complexity index is 294. The van der Waals surface area contributed by atoms with Gasteiger partial charge < -0.3 is 10.2 Å². The van der Waals surface area contributed by atoms with Crippen molar-refractivity contribution in [2.24, 2.45) is 0 Å². The lowest BCUT2D eigenvalue weighted by Crippen LogP contribution is -1.75. The van der Waals surface area contributed by atoms with Gasteiger partial charge in [-0.2, -0.15) is 0 Å². The third-order valence-electron chi connectivity index (χ3n) is 1.32. The minimum Gasteiger partial charge on any atom is -0.507 e. The van der Waals surface area contributed by atoms with E-state index < -0.39 is 0 Å². The Morgan fingerprint density at radius 1 is 1.27 bits per heavy atom. The molecule has 2 N–H and O–H groups in total. The number of benzene rings is 1. The average Bonchev–Trinajstić information content (AvgIpc) is 1.97. The van der Waals surface area contributed by atoms with Crippen LogP contribution < -0.4 is 0 Å². The molecular weight excluding hydrogens is 208 g/mol. The van der Waals surface area contributed by atoms with E-state index in [4.69, 9.17) is 10.2 Å². The topological polar surface area (TPSA) is 40.5 Å². The quantitative estimate of drug-likeness (QED) is 0.755. The highest BCUT2D eigenvalue weighted by Crippen LogP contribution is 2.31. The fourth-order valence-corrected chi connectivity index (χ4v) is 1.09. The molecule has 0 aromatic heterocycles. The molecule has 1 rings (SSSR count). The minimum atomic E-state index is 0.0214. The molecular formula is C8H7BrO2. The zero-order valence-electron chi connectivity index (χ0n) is 5.71. The average molecular weight is 215 g/mol. The lowest BCUT2D eigenvalue weighted by molar-refractivity contribution is 0.447. The molecule has 0 aliphatic rings. The molecule has 0 heterocycles. The number of phenolic OH excluding ortho intramolecular Hbond substituents is 2. The largest absolute Gasteiger partial charge is 0.507 e. The summed E-state index contributed by atoms with van der Waals surface area (Å²) < 4.78 is 0.546. The number of halogens is 1. The summed E-state index contributed by atoms with van der Waals surface area (Å²) in [5, 5.41) is 18.2. The maximum Gasteiger partial charge on any atom is 0.133 e. The fourth-order valence-electron chi connectivity index (χ4n) is 0.730. The third-order valence-corrected chi connectivity index (χ3v) is 1.95. The van der Waals surface area contributed by atoms with Crippen molar-refractivity contribution in [2.45, 2.75) is 0 Å². The Balaban J connectivity index is 3.31. The van der Waals surface area contributed by atoms with Gasteiger partial charge in [-0.05, 0) is 22.0 Å². The van der Waals surface area contributed by atoms with Crippen molar-refractivity contribution in [2.75, 3.05) is 0 Å². The van der Waals surface area contributed by atoms with Crippen LogP contribution >= 0.6 is 15.9 Å². The van der Waals surface area contributed by atoms with Crippen molar-refractivity contribution in [3.8, 4) is 11.5 Å². The van der Waals surface area contributed by atoms with Crippen LogP contribution in [0.15, 0.2) is 23.2 Å². The minimum absolute atomic E-state index is 0.0214. The van der Waals surface area contributed by atoms with Crippen LogP contribution in [0, 0.1) is 0 Å². The van der Waals surface area contributed by atoms with Crippen LogP contribution in [-0.4, -0.2) is 10.2 Å². The van der Waals surface area contributed by atoms with Gasteiger partial charge in [0.2, 0.25) is 0 Å². The zero-order valence-corrected chi connectivity index (χ0v) is 7.30. The Morgan fingerprint density at radius 3 is 2.45 bits per heavy atom. The van der Waals surface area contributed by atoms with E-state index in [2.05, 4.69) is 22.5 Å². The van der Waals surface area contributed by atoms with E-state index in [1.807, 2.05) is 0 Å². The summed E-state index contributed by atoms with van der Waals surface area (Å²) >= 11 is 3.11. The van der Waals surface area contributed by atoms with Crippen LogP contribution in [0.25, 0.3) is 6.08 Å². The first-order valence-electron chi connectivity index (χ1n) is 2.99. The molecule has 2 nitrogen and oxygen atoms in total. The molecule has 3 heteroatoms. The van der Waals surface area contributed by atoms with Crippen molar-refractivity contribution >= 4 is 22.0 Å². The van der Waals surface area contributed by atoms with Crippen LogP contribution in [0.4, 0.5) is 0 Å². The van der Waals surface area contributed by atoms with Crippen molar-refractivity contribution < 1.29 is 10.2 Å². The van der Waals surface area contributed by atoms with Crippen LogP contribution in [0.3, 0.4) is 0 Å². The van der Waals surface area contributed by atoms with E-state index in [1.165, 1.54) is 12.1 Å². The molecule has 1 aromatic carbocycles. The van der Waals surface area contributed by atoms with E-state index in [0.717, 1.165) is 0 Å². The molecule has 0 aliphatic heterocycles. The van der Waals surface area contributed by atoms with E-state index in [0.29, 0.717) is 10.0 Å². The molecule has 0 fully saturated rings. The maximum atomic E-state index is 9.16. The van der Waals surface area contributed by atoms with E-state index in [1.54, 1.807) is 6.07 Å². The maximum absolute atomic E-state index is 9.16. The smallest absolute Gasteiger partial charge is 0.133 e. The number of rotatable bonds is 1. The van der Waals surface area contributed by atoms with Gasteiger partial charge >= 0.3 is 0 Å². The van der Waals surface area contributed by atoms with E-state index in [9.17, 15) is 0 Å². The molecule has 0 spiro atoms. The van der Waals surface area contributed by atoms with Crippen LogP contribution in [0.5, 0.6) is 11.5 Å².